The third-order valence-corrected chi connectivity index (χ3v) is 8.65. The van der Waals surface area contributed by atoms with Crippen molar-refractivity contribution in [1.29, 1.82) is 0 Å². The van der Waals surface area contributed by atoms with Gasteiger partial charge in [-0.25, -0.2) is 13.4 Å². The highest BCUT2D eigenvalue weighted by atomic mass is 35.5. The molecule has 0 spiro atoms. The number of nitrogens with zero attached hydrogens (tertiary/aromatic N) is 1. The number of aromatic nitrogens is 2. The SMILES string of the molecule is CC(C)Oc1ccccc1-c1cc2nc([C@@H](CO)c3ccc(S(=O)(=O)CC4CC4)cc3)[nH]c2cc1Cl. The zero-order chi connectivity index (χ0) is 25.4. The molecule has 5 rings (SSSR count). The first kappa shape index (κ1) is 24.8. The number of halogens is 1. The molecule has 4 aromatic rings. The summed E-state index contributed by atoms with van der Waals surface area (Å²) in [6, 6.07) is 18.3. The van der Waals surface area contributed by atoms with Gasteiger partial charge in [-0.15, -0.1) is 0 Å². The molecule has 0 saturated heterocycles. The van der Waals surface area contributed by atoms with Crippen molar-refractivity contribution < 1.29 is 18.3 Å². The van der Waals surface area contributed by atoms with Crippen molar-refractivity contribution in [3.63, 3.8) is 0 Å². The van der Waals surface area contributed by atoms with Crippen molar-refractivity contribution in [1.82, 2.24) is 9.97 Å². The van der Waals surface area contributed by atoms with E-state index in [9.17, 15) is 13.5 Å². The Bertz CT molecular complexity index is 1490. The van der Waals surface area contributed by atoms with Gasteiger partial charge < -0.3 is 14.8 Å². The number of aliphatic hydroxyl groups is 1. The van der Waals surface area contributed by atoms with E-state index in [4.69, 9.17) is 21.3 Å². The molecule has 0 radical (unpaired) electrons. The molecule has 1 saturated carbocycles. The Kier molecular flexibility index (Phi) is 6.81. The summed E-state index contributed by atoms with van der Waals surface area (Å²) >= 11 is 6.68. The fraction of sp³-hybridized carbons (Fsp3) is 0.321. The third kappa shape index (κ3) is 5.14. The lowest BCUT2D eigenvalue weighted by atomic mass is 9.99. The highest BCUT2D eigenvalue weighted by molar-refractivity contribution is 7.91. The number of rotatable bonds is 9. The van der Waals surface area contributed by atoms with Crippen LogP contribution in [0.3, 0.4) is 0 Å². The van der Waals surface area contributed by atoms with Gasteiger partial charge in [0, 0.05) is 11.1 Å². The van der Waals surface area contributed by atoms with Crippen LogP contribution in [0.2, 0.25) is 5.02 Å². The molecule has 36 heavy (non-hydrogen) atoms. The zero-order valence-electron chi connectivity index (χ0n) is 20.2. The molecule has 6 nitrogen and oxygen atoms in total. The summed E-state index contributed by atoms with van der Waals surface area (Å²) in [4.78, 5) is 8.37. The molecular weight excluding hydrogens is 496 g/mol. The second-order valence-corrected chi connectivity index (χ2v) is 12.1. The predicted octanol–water partition coefficient (Wildman–Crippen LogP) is 5.98. The molecule has 1 fully saturated rings. The number of fused-ring (bicyclic) bond motifs is 1. The molecule has 1 atom stereocenters. The van der Waals surface area contributed by atoms with E-state index in [1.165, 1.54) is 0 Å². The van der Waals surface area contributed by atoms with Gasteiger partial charge in [-0.05, 0) is 68.5 Å². The number of hydrogen-bond donors (Lipinski definition) is 2. The summed E-state index contributed by atoms with van der Waals surface area (Å²) in [6.07, 6.45) is 1.99. The molecule has 188 valence electrons. The molecule has 1 aliphatic carbocycles. The van der Waals surface area contributed by atoms with Crippen LogP contribution in [-0.2, 0) is 9.84 Å². The Hall–Kier alpha value is -2.87. The van der Waals surface area contributed by atoms with Crippen molar-refractivity contribution in [3.8, 4) is 16.9 Å². The zero-order valence-corrected chi connectivity index (χ0v) is 21.8. The Balaban J connectivity index is 1.47. The van der Waals surface area contributed by atoms with Gasteiger partial charge in [-0.1, -0.05) is 41.9 Å². The van der Waals surface area contributed by atoms with Crippen LogP contribution in [0.25, 0.3) is 22.2 Å². The number of benzene rings is 3. The van der Waals surface area contributed by atoms with Crippen molar-refractivity contribution in [2.75, 3.05) is 12.4 Å². The first-order valence-electron chi connectivity index (χ1n) is 12.1. The Morgan fingerprint density at radius 2 is 1.81 bits per heavy atom. The van der Waals surface area contributed by atoms with E-state index >= 15 is 0 Å². The van der Waals surface area contributed by atoms with Crippen LogP contribution in [0, 0.1) is 5.92 Å². The van der Waals surface area contributed by atoms with E-state index in [-0.39, 0.29) is 24.4 Å². The van der Waals surface area contributed by atoms with E-state index in [2.05, 4.69) is 4.98 Å². The monoisotopic (exact) mass is 524 g/mol. The lowest BCUT2D eigenvalue weighted by molar-refractivity contribution is 0.243. The smallest absolute Gasteiger partial charge is 0.178 e. The van der Waals surface area contributed by atoms with Crippen molar-refractivity contribution in [2.24, 2.45) is 5.92 Å². The summed E-state index contributed by atoms with van der Waals surface area (Å²) in [5.74, 6) is 1.39. The minimum atomic E-state index is -3.29. The number of ether oxygens (including phenoxy) is 1. The summed E-state index contributed by atoms with van der Waals surface area (Å²) in [7, 11) is -3.29. The molecule has 8 heteroatoms. The van der Waals surface area contributed by atoms with E-state index in [0.29, 0.717) is 21.3 Å². The van der Waals surface area contributed by atoms with Crippen LogP contribution in [-0.4, -0.2) is 42.0 Å². The number of aromatic amines is 1. The van der Waals surface area contributed by atoms with Crippen molar-refractivity contribution in [3.05, 3.63) is 77.1 Å². The molecule has 0 bridgehead atoms. The Morgan fingerprint density at radius 3 is 2.47 bits per heavy atom. The number of para-hydroxylation sites is 1. The summed E-state index contributed by atoms with van der Waals surface area (Å²) in [5, 5.41) is 10.8. The molecule has 0 unspecified atom stereocenters. The minimum absolute atomic E-state index is 0.0195. The maximum atomic E-state index is 12.6. The fourth-order valence-electron chi connectivity index (χ4n) is 4.42. The van der Waals surface area contributed by atoms with E-state index in [1.807, 2.05) is 50.2 Å². The van der Waals surface area contributed by atoms with Gasteiger partial charge in [0.25, 0.3) is 0 Å². The average molecular weight is 525 g/mol. The number of aliphatic hydroxyl groups excluding tert-OH is 1. The number of imidazole rings is 1. The molecule has 0 aliphatic heterocycles. The normalized spacial score (nSPS) is 14.9. The van der Waals surface area contributed by atoms with Gasteiger partial charge in [0.1, 0.15) is 11.6 Å². The highest BCUT2D eigenvalue weighted by Gasteiger charge is 2.29. The van der Waals surface area contributed by atoms with Crippen molar-refractivity contribution >= 4 is 32.5 Å². The number of H-pyrrole nitrogens is 1. The van der Waals surface area contributed by atoms with E-state index in [0.717, 1.165) is 40.8 Å². The largest absolute Gasteiger partial charge is 0.490 e. The van der Waals surface area contributed by atoms with Gasteiger partial charge in [0.15, 0.2) is 9.84 Å². The minimum Gasteiger partial charge on any atom is -0.490 e. The molecule has 3 aromatic carbocycles. The number of nitrogens with one attached hydrogen (secondary N) is 1. The summed E-state index contributed by atoms with van der Waals surface area (Å²) in [6.45, 7) is 3.77. The molecule has 1 heterocycles. The second-order valence-electron chi connectivity index (χ2n) is 9.66. The first-order valence-corrected chi connectivity index (χ1v) is 14.2. The van der Waals surface area contributed by atoms with Gasteiger partial charge in [0.05, 0.1) is 45.3 Å². The van der Waals surface area contributed by atoms with Gasteiger partial charge in [0.2, 0.25) is 0 Å². The van der Waals surface area contributed by atoms with E-state index < -0.39 is 15.8 Å². The number of hydrogen-bond acceptors (Lipinski definition) is 5. The standard InChI is InChI=1S/C28H29ClN2O4S/c1-17(2)35-27-6-4-3-5-21(27)22-13-25-26(14-24(22)29)31-28(30-25)23(15-32)19-9-11-20(12-10-19)36(33,34)16-18-7-8-18/h3-6,9-14,17-18,23,32H,7-8,15-16H2,1-2H3,(H,30,31)/t23-/m0/s1. The summed E-state index contributed by atoms with van der Waals surface area (Å²) < 4.78 is 31.2. The van der Waals surface area contributed by atoms with Gasteiger partial charge >= 0.3 is 0 Å². The van der Waals surface area contributed by atoms with Crippen LogP contribution < -0.4 is 4.74 Å². The van der Waals surface area contributed by atoms with Crippen LogP contribution in [0.5, 0.6) is 5.75 Å². The second kappa shape index (κ2) is 9.88. The predicted molar refractivity (Wildman–Crippen MR) is 142 cm³/mol. The molecule has 1 aliphatic rings. The molecular formula is C28H29ClN2O4S. The molecule has 0 amide bonds. The van der Waals surface area contributed by atoms with Crippen LogP contribution >= 0.6 is 11.6 Å². The fourth-order valence-corrected chi connectivity index (χ4v) is 6.38. The third-order valence-electron chi connectivity index (χ3n) is 6.44. The lowest BCUT2D eigenvalue weighted by Crippen LogP contribution is -2.10. The quantitative estimate of drug-likeness (QED) is 0.281. The van der Waals surface area contributed by atoms with Crippen LogP contribution in [0.1, 0.15) is 44.0 Å². The Morgan fingerprint density at radius 1 is 1.08 bits per heavy atom. The lowest BCUT2D eigenvalue weighted by Gasteiger charge is -2.15. The molecule has 2 N–H and O–H groups in total. The van der Waals surface area contributed by atoms with Crippen LogP contribution in [0.4, 0.5) is 0 Å². The summed E-state index contributed by atoms with van der Waals surface area (Å²) in [5.41, 5.74) is 3.94. The van der Waals surface area contributed by atoms with Gasteiger partial charge in [-0.2, -0.15) is 0 Å². The maximum absolute atomic E-state index is 12.6. The van der Waals surface area contributed by atoms with Crippen LogP contribution in [0.15, 0.2) is 65.6 Å². The van der Waals surface area contributed by atoms with Crippen molar-refractivity contribution in [2.45, 2.75) is 43.6 Å². The maximum Gasteiger partial charge on any atom is 0.178 e. The average Bonchev–Trinajstić information content (AvgIpc) is 3.55. The number of sulfone groups is 1. The van der Waals surface area contributed by atoms with Gasteiger partial charge in [-0.3, -0.25) is 0 Å². The highest BCUT2D eigenvalue weighted by Crippen LogP contribution is 2.38. The first-order chi connectivity index (χ1) is 17.2. The van der Waals surface area contributed by atoms with E-state index in [1.54, 1.807) is 24.3 Å². The topological polar surface area (TPSA) is 92.3 Å². The Labute approximate surface area is 216 Å². The molecule has 1 aromatic heterocycles.